The minimum Gasteiger partial charge on any atom is -0.377 e. The molecule has 1 fully saturated rings. The summed E-state index contributed by atoms with van der Waals surface area (Å²) in [4.78, 5) is 0. The predicted molar refractivity (Wildman–Crippen MR) is 51.3 cm³/mol. The van der Waals surface area contributed by atoms with E-state index in [4.69, 9.17) is 4.74 Å². The van der Waals surface area contributed by atoms with Gasteiger partial charge in [-0.2, -0.15) is 0 Å². The van der Waals surface area contributed by atoms with Crippen molar-refractivity contribution in [2.45, 2.75) is 51.7 Å². The van der Waals surface area contributed by atoms with Crippen molar-refractivity contribution in [3.05, 3.63) is 0 Å². The summed E-state index contributed by atoms with van der Waals surface area (Å²) in [5.74, 6) is 0. The second-order valence-electron chi connectivity index (χ2n) is 3.89. The van der Waals surface area contributed by atoms with E-state index in [0.717, 1.165) is 13.2 Å². The summed E-state index contributed by atoms with van der Waals surface area (Å²) in [7, 11) is 0. The van der Waals surface area contributed by atoms with E-state index in [1.807, 2.05) is 0 Å². The van der Waals surface area contributed by atoms with Gasteiger partial charge in [0, 0.05) is 12.6 Å². The minimum atomic E-state index is 0.568. The van der Waals surface area contributed by atoms with Crippen LogP contribution in [0.2, 0.25) is 0 Å². The molecule has 1 aliphatic carbocycles. The number of nitrogens with one attached hydrogen (secondary N) is 1. The third-order valence-corrected chi connectivity index (χ3v) is 2.31. The third-order valence-electron chi connectivity index (χ3n) is 2.31. The van der Waals surface area contributed by atoms with Crippen LogP contribution >= 0.6 is 0 Å². The lowest BCUT2D eigenvalue weighted by Gasteiger charge is -2.12. The highest BCUT2D eigenvalue weighted by molar-refractivity contribution is 4.66. The average molecular weight is 171 g/mol. The summed E-state index contributed by atoms with van der Waals surface area (Å²) in [6, 6.07) is 0.581. The number of hydrogen-bond donors (Lipinski definition) is 1. The molecule has 0 atom stereocenters. The maximum Gasteiger partial charge on any atom is 0.0594 e. The van der Waals surface area contributed by atoms with Crippen molar-refractivity contribution in [2.75, 3.05) is 13.2 Å². The van der Waals surface area contributed by atoms with Gasteiger partial charge in [0.2, 0.25) is 0 Å². The van der Waals surface area contributed by atoms with Crippen molar-refractivity contribution in [3.63, 3.8) is 0 Å². The maximum atomic E-state index is 5.69. The van der Waals surface area contributed by atoms with Gasteiger partial charge < -0.3 is 10.1 Å². The molecule has 0 saturated heterocycles. The van der Waals surface area contributed by atoms with Crippen LogP contribution in [0.3, 0.4) is 0 Å². The van der Waals surface area contributed by atoms with Crippen molar-refractivity contribution in [1.82, 2.24) is 5.32 Å². The third kappa shape index (κ3) is 4.07. The molecule has 0 aromatic heterocycles. The summed E-state index contributed by atoms with van der Waals surface area (Å²) >= 11 is 0. The van der Waals surface area contributed by atoms with Crippen LogP contribution in [0.5, 0.6) is 0 Å². The molecule has 0 aromatic rings. The molecule has 0 aromatic carbocycles. The van der Waals surface area contributed by atoms with Crippen molar-refractivity contribution in [3.8, 4) is 0 Å². The number of hydrogen-bond acceptors (Lipinski definition) is 2. The first kappa shape index (κ1) is 10.0. The Morgan fingerprint density at radius 3 is 2.58 bits per heavy atom. The summed E-state index contributed by atoms with van der Waals surface area (Å²) in [6.45, 7) is 6.20. The predicted octanol–water partition coefficient (Wildman–Crippen LogP) is 1.94. The fourth-order valence-corrected chi connectivity index (χ4v) is 1.63. The molecule has 0 spiro atoms. The van der Waals surface area contributed by atoms with Gasteiger partial charge in [0.1, 0.15) is 0 Å². The summed E-state index contributed by atoms with van der Waals surface area (Å²) < 4.78 is 5.69. The van der Waals surface area contributed by atoms with Crippen molar-refractivity contribution < 1.29 is 4.74 Å². The van der Waals surface area contributed by atoms with Gasteiger partial charge in [0.15, 0.2) is 0 Å². The van der Waals surface area contributed by atoms with Gasteiger partial charge in [0.25, 0.3) is 0 Å². The number of rotatable bonds is 5. The van der Waals surface area contributed by atoms with Gasteiger partial charge in [0.05, 0.1) is 12.7 Å². The lowest BCUT2D eigenvalue weighted by molar-refractivity contribution is 0.0596. The Morgan fingerprint density at radius 1 is 1.33 bits per heavy atom. The largest absolute Gasteiger partial charge is 0.377 e. The van der Waals surface area contributed by atoms with Crippen molar-refractivity contribution in [2.24, 2.45) is 0 Å². The van der Waals surface area contributed by atoms with Crippen LogP contribution in [-0.2, 0) is 4.74 Å². The Bertz CT molecular complexity index is 108. The van der Waals surface area contributed by atoms with Crippen LogP contribution in [0.15, 0.2) is 0 Å². The van der Waals surface area contributed by atoms with Gasteiger partial charge in [-0.25, -0.2) is 0 Å². The molecule has 72 valence electrons. The zero-order valence-electron chi connectivity index (χ0n) is 8.31. The topological polar surface area (TPSA) is 21.3 Å². The average Bonchev–Trinajstić information content (AvgIpc) is 2.49. The van der Waals surface area contributed by atoms with Crippen LogP contribution in [0.4, 0.5) is 0 Å². The Labute approximate surface area is 75.7 Å². The van der Waals surface area contributed by atoms with Gasteiger partial charge in [-0.15, -0.1) is 0 Å². The van der Waals surface area contributed by atoms with Crippen LogP contribution < -0.4 is 5.32 Å². The first-order chi connectivity index (χ1) is 5.79. The lowest BCUT2D eigenvalue weighted by Crippen LogP contribution is -2.27. The molecular formula is C10H21NO. The molecular weight excluding hydrogens is 150 g/mol. The van der Waals surface area contributed by atoms with E-state index in [1.54, 1.807) is 0 Å². The summed E-state index contributed by atoms with van der Waals surface area (Å²) in [6.07, 6.45) is 5.85. The zero-order valence-corrected chi connectivity index (χ0v) is 8.31. The molecule has 0 unspecified atom stereocenters. The fourth-order valence-electron chi connectivity index (χ4n) is 1.63. The molecule has 0 radical (unpaired) electrons. The van der Waals surface area contributed by atoms with Crippen LogP contribution in [0, 0.1) is 0 Å². The Morgan fingerprint density at radius 2 is 2.00 bits per heavy atom. The normalized spacial score (nSPS) is 19.2. The van der Waals surface area contributed by atoms with Crippen LogP contribution in [0.1, 0.15) is 39.5 Å². The molecule has 0 amide bonds. The van der Waals surface area contributed by atoms with E-state index >= 15 is 0 Å². The van der Waals surface area contributed by atoms with E-state index in [1.165, 1.54) is 25.7 Å². The standard InChI is InChI=1S/C10H21NO/c1-9(2)11-7-8-12-10-5-3-4-6-10/h9-11H,3-8H2,1-2H3. The second kappa shape index (κ2) is 5.55. The lowest BCUT2D eigenvalue weighted by atomic mass is 10.3. The van der Waals surface area contributed by atoms with Crippen LogP contribution in [-0.4, -0.2) is 25.3 Å². The second-order valence-corrected chi connectivity index (χ2v) is 3.89. The maximum absolute atomic E-state index is 5.69. The molecule has 0 aliphatic heterocycles. The van der Waals surface area contributed by atoms with E-state index in [2.05, 4.69) is 19.2 Å². The molecule has 1 saturated carbocycles. The van der Waals surface area contributed by atoms with E-state index in [9.17, 15) is 0 Å². The highest BCUT2D eigenvalue weighted by atomic mass is 16.5. The van der Waals surface area contributed by atoms with Crippen molar-refractivity contribution >= 4 is 0 Å². The van der Waals surface area contributed by atoms with Gasteiger partial charge in [-0.05, 0) is 12.8 Å². The van der Waals surface area contributed by atoms with Crippen LogP contribution in [0.25, 0.3) is 0 Å². The first-order valence-corrected chi connectivity index (χ1v) is 5.14. The van der Waals surface area contributed by atoms with Crippen molar-refractivity contribution in [1.29, 1.82) is 0 Å². The molecule has 0 heterocycles. The Hall–Kier alpha value is -0.0800. The SMILES string of the molecule is CC(C)NCCOC1CCCC1. The van der Waals surface area contributed by atoms with Gasteiger partial charge in [-0.3, -0.25) is 0 Å². The molecule has 2 heteroatoms. The van der Waals surface area contributed by atoms with E-state index < -0.39 is 0 Å². The first-order valence-electron chi connectivity index (χ1n) is 5.14. The molecule has 1 N–H and O–H groups in total. The zero-order chi connectivity index (χ0) is 8.81. The quantitative estimate of drug-likeness (QED) is 0.638. The summed E-state index contributed by atoms with van der Waals surface area (Å²) in [5.41, 5.74) is 0. The number of ether oxygens (including phenoxy) is 1. The minimum absolute atomic E-state index is 0.568. The fraction of sp³-hybridized carbons (Fsp3) is 1.00. The molecule has 1 aliphatic rings. The molecule has 2 nitrogen and oxygen atoms in total. The molecule has 12 heavy (non-hydrogen) atoms. The molecule has 1 rings (SSSR count). The van der Waals surface area contributed by atoms with E-state index in [-0.39, 0.29) is 0 Å². The Kier molecular flexibility index (Phi) is 4.62. The van der Waals surface area contributed by atoms with Gasteiger partial charge in [-0.1, -0.05) is 26.7 Å². The summed E-state index contributed by atoms with van der Waals surface area (Å²) in [5, 5.41) is 3.34. The van der Waals surface area contributed by atoms with Gasteiger partial charge >= 0.3 is 0 Å². The van der Waals surface area contributed by atoms with E-state index in [0.29, 0.717) is 12.1 Å². The highest BCUT2D eigenvalue weighted by Gasteiger charge is 2.14. The Balaban J connectivity index is 1.88. The molecule has 0 bridgehead atoms. The monoisotopic (exact) mass is 171 g/mol. The highest BCUT2D eigenvalue weighted by Crippen LogP contribution is 2.20. The smallest absolute Gasteiger partial charge is 0.0594 e.